The first-order valence-corrected chi connectivity index (χ1v) is 15.4. The number of likely N-dealkylation sites (tertiary alicyclic amines) is 1. The van der Waals surface area contributed by atoms with Gasteiger partial charge in [0.15, 0.2) is 9.84 Å². The summed E-state index contributed by atoms with van der Waals surface area (Å²) in [6.45, 7) is 6.57. The van der Waals surface area contributed by atoms with Crippen molar-refractivity contribution in [3.8, 4) is 0 Å². The first-order chi connectivity index (χ1) is 18.4. The SMILES string of the molecule is CCn1nc(C)cc1NC1CN(C2CCC(c3ccc(Br)cc3)(S(=O)(=O)c3ccc(C(F)(F)F)cc3)CC2)C1. The summed E-state index contributed by atoms with van der Waals surface area (Å²) in [5.74, 6) is 1.01. The van der Waals surface area contributed by atoms with E-state index >= 15 is 0 Å². The monoisotopic (exact) mass is 624 g/mol. The number of sulfone groups is 1. The molecule has 0 radical (unpaired) electrons. The topological polar surface area (TPSA) is 67.2 Å². The molecule has 11 heteroatoms. The maximum atomic E-state index is 14.1. The lowest BCUT2D eigenvalue weighted by Gasteiger charge is -2.49. The van der Waals surface area contributed by atoms with Crippen molar-refractivity contribution in [2.24, 2.45) is 0 Å². The Morgan fingerprint density at radius 1 is 1.05 bits per heavy atom. The lowest BCUT2D eigenvalue weighted by Crippen LogP contribution is -2.60. The molecule has 2 aromatic carbocycles. The van der Waals surface area contributed by atoms with Crippen LogP contribution < -0.4 is 5.32 Å². The number of nitrogens with zero attached hydrogens (tertiary/aromatic N) is 3. The number of benzene rings is 2. The van der Waals surface area contributed by atoms with Gasteiger partial charge >= 0.3 is 6.18 Å². The molecule has 1 aromatic heterocycles. The molecule has 39 heavy (non-hydrogen) atoms. The summed E-state index contributed by atoms with van der Waals surface area (Å²) < 4.78 is 69.2. The highest BCUT2D eigenvalue weighted by Crippen LogP contribution is 2.48. The predicted molar refractivity (Wildman–Crippen MR) is 148 cm³/mol. The number of nitrogens with one attached hydrogen (secondary N) is 1. The minimum atomic E-state index is -4.53. The fourth-order valence-electron chi connectivity index (χ4n) is 5.96. The number of hydrogen-bond donors (Lipinski definition) is 1. The largest absolute Gasteiger partial charge is 0.416 e. The van der Waals surface area contributed by atoms with Crippen molar-refractivity contribution < 1.29 is 21.6 Å². The second-order valence-electron chi connectivity index (χ2n) is 10.5. The fraction of sp³-hybridized carbons (Fsp3) is 0.464. The third-order valence-corrected chi connectivity index (χ3v) is 11.2. The van der Waals surface area contributed by atoms with Gasteiger partial charge < -0.3 is 5.32 Å². The van der Waals surface area contributed by atoms with Crippen LogP contribution in [0.15, 0.2) is 64.0 Å². The molecule has 2 aliphatic rings. The van der Waals surface area contributed by atoms with Gasteiger partial charge in [0.2, 0.25) is 0 Å². The lowest BCUT2D eigenvalue weighted by atomic mass is 9.79. The third-order valence-electron chi connectivity index (χ3n) is 8.12. The van der Waals surface area contributed by atoms with Crippen LogP contribution in [0.25, 0.3) is 0 Å². The minimum absolute atomic E-state index is 0.0760. The molecule has 0 unspecified atom stereocenters. The Balaban J connectivity index is 1.33. The predicted octanol–water partition coefficient (Wildman–Crippen LogP) is 6.40. The average molecular weight is 626 g/mol. The van der Waals surface area contributed by atoms with Crippen molar-refractivity contribution in [3.05, 3.63) is 75.9 Å². The van der Waals surface area contributed by atoms with Crippen LogP contribution in [0.5, 0.6) is 0 Å². The molecule has 0 amide bonds. The van der Waals surface area contributed by atoms with Crippen LogP contribution in [0.3, 0.4) is 0 Å². The number of anilines is 1. The van der Waals surface area contributed by atoms with E-state index in [2.05, 4.69) is 38.2 Å². The molecule has 5 rings (SSSR count). The van der Waals surface area contributed by atoms with E-state index in [4.69, 9.17) is 0 Å². The second-order valence-corrected chi connectivity index (χ2v) is 13.7. The van der Waals surface area contributed by atoms with Crippen LogP contribution in [0, 0.1) is 6.92 Å². The Hall–Kier alpha value is -2.37. The summed E-state index contributed by atoms with van der Waals surface area (Å²) in [6, 6.07) is 13.8. The second kappa shape index (κ2) is 10.6. The summed E-state index contributed by atoms with van der Waals surface area (Å²) in [6.07, 6.45) is -2.34. The standard InChI is InChI=1S/C28H32BrF3N4O2S/c1-3-36-26(16-19(2)34-36)33-23-17-35(18-23)24-12-14-27(15-13-24,20-4-8-22(29)9-5-20)39(37,38)25-10-6-21(7-11-25)28(30,31)32/h4-11,16,23-24,33H,3,12-15,17-18H2,1-2H3. The van der Waals surface area contributed by atoms with E-state index < -0.39 is 26.3 Å². The zero-order valence-corrected chi connectivity index (χ0v) is 24.3. The highest BCUT2D eigenvalue weighted by Gasteiger charge is 2.50. The van der Waals surface area contributed by atoms with Gasteiger partial charge in [-0.05, 0) is 81.5 Å². The van der Waals surface area contributed by atoms with Crippen molar-refractivity contribution in [1.82, 2.24) is 14.7 Å². The van der Waals surface area contributed by atoms with Crippen LogP contribution in [-0.2, 0) is 27.3 Å². The number of rotatable bonds is 7. The Labute approximate surface area is 235 Å². The van der Waals surface area contributed by atoms with E-state index in [0.717, 1.165) is 59.9 Å². The molecule has 1 aliphatic heterocycles. The molecule has 2 fully saturated rings. The van der Waals surface area contributed by atoms with Crippen LogP contribution in [0.2, 0.25) is 0 Å². The van der Waals surface area contributed by atoms with Gasteiger partial charge in [0, 0.05) is 36.2 Å². The van der Waals surface area contributed by atoms with Gasteiger partial charge in [-0.3, -0.25) is 4.90 Å². The van der Waals surface area contributed by atoms with E-state index in [9.17, 15) is 21.6 Å². The third kappa shape index (κ3) is 5.37. The van der Waals surface area contributed by atoms with E-state index in [1.807, 2.05) is 41.9 Å². The molecule has 1 aliphatic carbocycles. The molecule has 3 aromatic rings. The first kappa shape index (κ1) is 28.2. The number of hydrogen-bond acceptors (Lipinski definition) is 5. The molecule has 0 bridgehead atoms. The molecular formula is C28H32BrF3N4O2S. The zero-order chi connectivity index (χ0) is 28.0. The molecule has 0 spiro atoms. The van der Waals surface area contributed by atoms with Crippen LogP contribution in [0.1, 0.15) is 49.4 Å². The van der Waals surface area contributed by atoms with E-state index in [1.165, 1.54) is 0 Å². The minimum Gasteiger partial charge on any atom is -0.365 e. The number of aryl methyl sites for hydroxylation is 2. The Kier molecular flexibility index (Phi) is 7.62. The highest BCUT2D eigenvalue weighted by atomic mass is 79.9. The molecule has 1 saturated carbocycles. The number of alkyl halides is 3. The van der Waals surface area contributed by atoms with Crippen molar-refractivity contribution in [3.63, 3.8) is 0 Å². The Bertz CT molecular complexity index is 1410. The van der Waals surface area contributed by atoms with Gasteiger partial charge in [-0.25, -0.2) is 13.1 Å². The number of halogens is 4. The normalized spacial score (nSPS) is 23.0. The van der Waals surface area contributed by atoms with E-state index in [1.54, 1.807) is 0 Å². The fourth-order valence-corrected chi connectivity index (χ4v) is 8.39. The Morgan fingerprint density at radius 3 is 2.23 bits per heavy atom. The summed E-state index contributed by atoms with van der Waals surface area (Å²) in [7, 11) is -3.97. The summed E-state index contributed by atoms with van der Waals surface area (Å²) in [5, 5.41) is 8.06. The van der Waals surface area contributed by atoms with Crippen molar-refractivity contribution in [2.75, 3.05) is 18.4 Å². The quantitative estimate of drug-likeness (QED) is 0.329. The molecule has 6 nitrogen and oxygen atoms in total. The van der Waals surface area contributed by atoms with Gasteiger partial charge in [-0.15, -0.1) is 0 Å². The van der Waals surface area contributed by atoms with E-state index in [-0.39, 0.29) is 10.9 Å². The van der Waals surface area contributed by atoms with Crippen LogP contribution in [0.4, 0.5) is 19.0 Å². The van der Waals surface area contributed by atoms with E-state index in [0.29, 0.717) is 37.3 Å². The smallest absolute Gasteiger partial charge is 0.365 e. The first-order valence-electron chi connectivity index (χ1n) is 13.2. The van der Waals surface area contributed by atoms with Crippen LogP contribution >= 0.6 is 15.9 Å². The van der Waals surface area contributed by atoms with Crippen molar-refractivity contribution in [1.29, 1.82) is 0 Å². The lowest BCUT2D eigenvalue weighted by molar-refractivity contribution is -0.137. The van der Waals surface area contributed by atoms with Gasteiger partial charge in [0.1, 0.15) is 10.6 Å². The molecule has 1 N–H and O–H groups in total. The number of aromatic nitrogens is 2. The summed E-state index contributed by atoms with van der Waals surface area (Å²) in [5.41, 5.74) is 0.790. The van der Waals surface area contributed by atoms with Crippen molar-refractivity contribution in [2.45, 2.75) is 74.0 Å². The van der Waals surface area contributed by atoms with Crippen LogP contribution in [-0.4, -0.2) is 48.3 Å². The summed E-state index contributed by atoms with van der Waals surface area (Å²) >= 11 is 3.42. The summed E-state index contributed by atoms with van der Waals surface area (Å²) in [4.78, 5) is 2.32. The molecule has 210 valence electrons. The Morgan fingerprint density at radius 2 is 1.67 bits per heavy atom. The van der Waals surface area contributed by atoms with Gasteiger partial charge in [0.25, 0.3) is 0 Å². The van der Waals surface area contributed by atoms with Gasteiger partial charge in [-0.1, -0.05) is 28.1 Å². The molecular weight excluding hydrogens is 593 g/mol. The highest BCUT2D eigenvalue weighted by molar-refractivity contribution is 9.10. The average Bonchev–Trinajstić information content (AvgIpc) is 3.25. The van der Waals surface area contributed by atoms with Gasteiger partial charge in [-0.2, -0.15) is 18.3 Å². The molecule has 2 heterocycles. The molecule has 0 atom stereocenters. The maximum absolute atomic E-state index is 14.1. The van der Waals surface area contributed by atoms with Crippen molar-refractivity contribution >= 4 is 31.6 Å². The van der Waals surface area contributed by atoms with Gasteiger partial charge in [0.05, 0.1) is 22.2 Å². The zero-order valence-electron chi connectivity index (χ0n) is 21.9. The maximum Gasteiger partial charge on any atom is 0.416 e. The molecule has 1 saturated heterocycles.